The van der Waals surface area contributed by atoms with Crippen LogP contribution in [0, 0.1) is 11.8 Å². The van der Waals surface area contributed by atoms with E-state index < -0.39 is 52.4 Å². The smallest absolute Gasteiger partial charge is 0.390 e. The summed E-state index contributed by atoms with van der Waals surface area (Å²) in [6, 6.07) is 0. The first-order valence-corrected chi connectivity index (χ1v) is 12.2. The van der Waals surface area contributed by atoms with E-state index in [1.165, 1.54) is 0 Å². The molecule has 0 aliphatic carbocycles. The molecule has 1 aromatic rings. The van der Waals surface area contributed by atoms with Crippen LogP contribution in [0.25, 0.3) is 0 Å². The number of aromatic nitrogens is 2. The second-order valence-electron chi connectivity index (χ2n) is 6.28. The number of nitrogens with zero attached hydrogens (tertiary/aromatic N) is 1. The number of rotatable bonds is 9. The molecular weight excluding hydrogens is 492 g/mol. The number of hydrogen-bond donors (Lipinski definition) is 6. The lowest BCUT2D eigenvalue weighted by Crippen LogP contribution is -2.33. The fourth-order valence-electron chi connectivity index (χ4n) is 2.58. The van der Waals surface area contributed by atoms with Crippen LogP contribution in [0.5, 0.6) is 0 Å². The summed E-state index contributed by atoms with van der Waals surface area (Å²) in [5, 5.41) is 12.6. The molecule has 32 heavy (non-hydrogen) atoms. The minimum absolute atomic E-state index is 0.0358. The third-order valence-electron chi connectivity index (χ3n) is 3.99. The van der Waals surface area contributed by atoms with Crippen LogP contribution < -0.4 is 16.6 Å². The van der Waals surface area contributed by atoms with Gasteiger partial charge in [0.2, 0.25) is 5.91 Å². The number of H-pyrrole nitrogens is 1. The lowest BCUT2D eigenvalue weighted by Gasteiger charge is -2.16. The van der Waals surface area contributed by atoms with E-state index in [9.17, 15) is 33.5 Å². The molecule has 176 valence electrons. The molecule has 5 N–H and O–H groups in total. The molecule has 1 fully saturated rings. The molecule has 1 amide bonds. The Morgan fingerprint density at radius 1 is 1.50 bits per heavy atom. The summed E-state index contributed by atoms with van der Waals surface area (Å²) in [4.78, 5) is 55.4. The molecule has 0 aromatic carbocycles. The van der Waals surface area contributed by atoms with E-state index >= 15 is 0 Å². The molecule has 0 radical (unpaired) electrons. The fraction of sp³-hybridized carbons (Fsp3) is 0.533. The molecule has 0 bridgehead atoms. The third-order valence-corrected chi connectivity index (χ3v) is 6.08. The van der Waals surface area contributed by atoms with E-state index in [2.05, 4.69) is 43.6 Å². The van der Waals surface area contributed by atoms with Gasteiger partial charge in [0.15, 0.2) is 0 Å². The Kier molecular flexibility index (Phi) is 9.78. The van der Waals surface area contributed by atoms with E-state index in [0.717, 1.165) is 10.8 Å². The van der Waals surface area contributed by atoms with Gasteiger partial charge < -0.3 is 15.2 Å². The average molecular weight is 512 g/mol. The van der Waals surface area contributed by atoms with Crippen molar-refractivity contribution in [1.82, 2.24) is 14.9 Å². The Hall–Kier alpha value is -1.85. The van der Waals surface area contributed by atoms with Gasteiger partial charge in [-0.25, -0.2) is 9.36 Å². The molecule has 5 atom stereocenters. The molecule has 1 aliphatic heterocycles. The number of nitrogens with one attached hydrogen (secondary N) is 2. The molecule has 2 heterocycles. The van der Waals surface area contributed by atoms with Crippen molar-refractivity contribution >= 4 is 34.6 Å². The number of phosphoric acid groups is 1. The fourth-order valence-corrected chi connectivity index (χ4v) is 4.01. The number of aromatic amines is 1. The van der Waals surface area contributed by atoms with Gasteiger partial charge in [0.25, 0.3) is 5.56 Å². The van der Waals surface area contributed by atoms with Crippen LogP contribution in [0.3, 0.4) is 0 Å². The van der Waals surface area contributed by atoms with Crippen molar-refractivity contribution in [2.75, 3.05) is 18.9 Å². The lowest BCUT2D eigenvalue weighted by atomic mass is 10.2. The predicted molar refractivity (Wildman–Crippen MR) is 111 cm³/mol. The standard InChI is InChI=1S/C15H19N3O11P2S/c19-10-6-13(28-11(10)8-27-31(25,26)29-30(23)24)18-7-9(14(21)17-15(18)22)2-1-4-16-12(20)3-5-32/h7,10-11,13,19H,3-6,8H2,(H4-,16,17,20,21,22,23,24,25,26,32)/p+1/t10-,11+,13?/m0/s1. The topological polar surface area (TPSA) is 206 Å². The maximum atomic E-state index is 12.2. The van der Waals surface area contributed by atoms with Crippen LogP contribution in [0.2, 0.25) is 0 Å². The van der Waals surface area contributed by atoms with Crippen molar-refractivity contribution in [3.63, 3.8) is 0 Å². The predicted octanol–water partition coefficient (Wildman–Crippen LogP) is -1.24. The lowest BCUT2D eigenvalue weighted by molar-refractivity contribution is -0.120. The Morgan fingerprint density at radius 2 is 2.22 bits per heavy atom. The highest BCUT2D eigenvalue weighted by molar-refractivity contribution is 7.80. The Bertz CT molecular complexity index is 1080. The maximum Gasteiger partial charge on any atom is 0.705 e. The number of carbonyl (C=O) groups is 1. The number of ether oxygens (including phenoxy) is 1. The summed E-state index contributed by atoms with van der Waals surface area (Å²) in [5.74, 6) is 5.19. The van der Waals surface area contributed by atoms with Crippen molar-refractivity contribution in [2.45, 2.75) is 31.3 Å². The highest BCUT2D eigenvalue weighted by atomic mass is 32.1. The van der Waals surface area contributed by atoms with Gasteiger partial charge in [0, 0.05) is 23.6 Å². The first-order valence-electron chi connectivity index (χ1n) is 8.91. The first-order chi connectivity index (χ1) is 15.0. The SMILES string of the molecule is O=C(CCS)NCC#Cc1cn(C2C[C@H](O)[C@@H](COP(=O)(O)O[P+](=O)O)O2)c(=O)[nH]c1=O. The van der Waals surface area contributed by atoms with E-state index in [1.807, 2.05) is 0 Å². The van der Waals surface area contributed by atoms with Crippen molar-refractivity contribution in [2.24, 2.45) is 0 Å². The first kappa shape index (κ1) is 26.4. The summed E-state index contributed by atoms with van der Waals surface area (Å²) in [7, 11) is -8.27. The quantitative estimate of drug-likeness (QED) is 0.131. The number of aliphatic hydroxyl groups excluding tert-OH is 1. The number of amides is 1. The van der Waals surface area contributed by atoms with Crippen LogP contribution >= 0.6 is 28.7 Å². The molecule has 17 heteroatoms. The van der Waals surface area contributed by atoms with Gasteiger partial charge in [0.05, 0.1) is 19.3 Å². The number of aliphatic hydroxyl groups is 1. The summed E-state index contributed by atoms with van der Waals surface area (Å²) >= 11 is 3.93. The van der Waals surface area contributed by atoms with Crippen LogP contribution in [-0.2, 0) is 27.5 Å². The van der Waals surface area contributed by atoms with Crippen molar-refractivity contribution < 1.29 is 42.4 Å². The molecule has 14 nitrogen and oxygen atoms in total. The molecular formula is C15H20N3O11P2S+. The van der Waals surface area contributed by atoms with Gasteiger partial charge in [-0.1, -0.05) is 11.8 Å². The summed E-state index contributed by atoms with van der Waals surface area (Å²) < 4.78 is 36.7. The van der Waals surface area contributed by atoms with Gasteiger partial charge >= 0.3 is 21.8 Å². The third kappa shape index (κ3) is 7.93. The molecule has 1 saturated heterocycles. The highest BCUT2D eigenvalue weighted by Gasteiger charge is 2.40. The summed E-state index contributed by atoms with van der Waals surface area (Å²) in [6.07, 6.45) is -2.32. The number of thiol groups is 1. The zero-order chi connectivity index (χ0) is 23.9. The summed E-state index contributed by atoms with van der Waals surface area (Å²) in [6.45, 7) is -0.725. The monoisotopic (exact) mass is 512 g/mol. The molecule has 0 spiro atoms. The largest absolute Gasteiger partial charge is 0.705 e. The normalized spacial score (nSPS) is 22.5. The minimum atomic E-state index is -4.86. The molecule has 1 aromatic heterocycles. The Balaban J connectivity index is 2.08. The number of phosphoric ester groups is 1. The van der Waals surface area contributed by atoms with Crippen molar-refractivity contribution in [3.8, 4) is 11.8 Å². The molecule has 0 saturated carbocycles. The van der Waals surface area contributed by atoms with Gasteiger partial charge in [-0.3, -0.25) is 28.6 Å². The van der Waals surface area contributed by atoms with Crippen molar-refractivity contribution in [3.05, 3.63) is 32.6 Å². The van der Waals surface area contributed by atoms with E-state index in [4.69, 9.17) is 9.63 Å². The van der Waals surface area contributed by atoms with E-state index in [-0.39, 0.29) is 30.9 Å². The van der Waals surface area contributed by atoms with Crippen molar-refractivity contribution in [1.29, 1.82) is 0 Å². The van der Waals surface area contributed by atoms with Gasteiger partial charge in [-0.15, -0.1) is 4.89 Å². The van der Waals surface area contributed by atoms with Crippen LogP contribution in [0.4, 0.5) is 0 Å². The van der Waals surface area contributed by atoms with Gasteiger partial charge in [0.1, 0.15) is 17.9 Å². The molecule has 3 unspecified atom stereocenters. The summed E-state index contributed by atoms with van der Waals surface area (Å²) in [5.41, 5.74) is -1.73. The zero-order valence-electron chi connectivity index (χ0n) is 16.2. The minimum Gasteiger partial charge on any atom is -0.390 e. The van der Waals surface area contributed by atoms with Gasteiger partial charge in [-0.05, 0) is 10.1 Å². The zero-order valence-corrected chi connectivity index (χ0v) is 18.9. The number of carbonyl (C=O) groups excluding carboxylic acids is 1. The maximum absolute atomic E-state index is 12.2. The van der Waals surface area contributed by atoms with Gasteiger partial charge in [-0.2, -0.15) is 12.6 Å². The molecule has 1 aliphatic rings. The molecule has 2 rings (SSSR count). The van der Waals surface area contributed by atoms with E-state index in [0.29, 0.717) is 5.75 Å². The Labute approximate surface area is 186 Å². The van der Waals surface area contributed by atoms with E-state index in [1.54, 1.807) is 0 Å². The highest BCUT2D eigenvalue weighted by Crippen LogP contribution is 2.51. The Morgan fingerprint density at radius 3 is 2.88 bits per heavy atom. The number of hydrogen-bond acceptors (Lipinski definition) is 10. The van der Waals surface area contributed by atoms with Crippen LogP contribution in [0.1, 0.15) is 24.6 Å². The second-order valence-corrected chi connectivity index (χ2v) is 9.05. The van der Waals surface area contributed by atoms with Crippen LogP contribution in [0.15, 0.2) is 15.8 Å². The average Bonchev–Trinajstić information content (AvgIpc) is 3.04. The second kappa shape index (κ2) is 11.9. The van der Waals surface area contributed by atoms with Crippen LogP contribution in [-0.4, -0.2) is 61.5 Å².